The Morgan fingerprint density at radius 2 is 0.887 bits per heavy atom. The van der Waals surface area contributed by atoms with Gasteiger partial charge in [-0.15, -0.1) is 0 Å². The SMILES string of the molecule is CC1(C)c2cc3ccccc3cc2-c2c(-c3ccc(-c4ccc(-c5nc(-c6ccccc6)cc(-c6ccccc6)n5)c5ccccc45)cc3)cccc21. The molecule has 1 aliphatic rings. The molecule has 0 unspecified atom stereocenters. The van der Waals surface area contributed by atoms with Crippen LogP contribution in [0.2, 0.25) is 0 Å². The molecule has 0 amide bonds. The number of hydrogen-bond acceptors (Lipinski definition) is 2. The summed E-state index contributed by atoms with van der Waals surface area (Å²) in [6, 6.07) is 65.4. The number of fused-ring (bicyclic) bond motifs is 5. The predicted octanol–water partition coefficient (Wildman–Crippen LogP) is 13.4. The summed E-state index contributed by atoms with van der Waals surface area (Å²) in [5.74, 6) is 0.720. The zero-order valence-corrected chi connectivity index (χ0v) is 29.7. The molecule has 0 saturated heterocycles. The van der Waals surface area contributed by atoms with Gasteiger partial charge >= 0.3 is 0 Å². The average Bonchev–Trinajstić information content (AvgIpc) is 3.45. The second-order valence-corrected chi connectivity index (χ2v) is 14.6. The first-order valence-corrected chi connectivity index (χ1v) is 18.3. The minimum absolute atomic E-state index is 0.0719. The van der Waals surface area contributed by atoms with Gasteiger partial charge in [0, 0.05) is 22.1 Å². The molecule has 10 rings (SSSR count). The van der Waals surface area contributed by atoms with Crippen molar-refractivity contribution in [1.82, 2.24) is 9.97 Å². The molecule has 1 aliphatic carbocycles. The van der Waals surface area contributed by atoms with Crippen molar-refractivity contribution in [2.24, 2.45) is 0 Å². The van der Waals surface area contributed by atoms with E-state index in [4.69, 9.17) is 9.97 Å². The van der Waals surface area contributed by atoms with Crippen molar-refractivity contribution in [2.45, 2.75) is 19.3 Å². The van der Waals surface area contributed by atoms with Crippen LogP contribution in [0, 0.1) is 0 Å². The van der Waals surface area contributed by atoms with Gasteiger partial charge in [-0.1, -0.05) is 172 Å². The number of aromatic nitrogens is 2. The Labute approximate surface area is 310 Å². The maximum atomic E-state index is 5.16. The molecule has 8 aromatic carbocycles. The fraction of sp³-hybridized carbons (Fsp3) is 0.0588. The van der Waals surface area contributed by atoms with Crippen molar-refractivity contribution < 1.29 is 0 Å². The topological polar surface area (TPSA) is 25.8 Å². The third kappa shape index (κ3) is 5.18. The van der Waals surface area contributed by atoms with Crippen molar-refractivity contribution in [3.8, 4) is 67.3 Å². The van der Waals surface area contributed by atoms with E-state index in [-0.39, 0.29) is 5.41 Å². The number of hydrogen-bond donors (Lipinski definition) is 0. The molecule has 0 saturated carbocycles. The maximum absolute atomic E-state index is 5.16. The minimum Gasteiger partial charge on any atom is -0.228 e. The molecule has 0 bridgehead atoms. The summed E-state index contributed by atoms with van der Waals surface area (Å²) in [6.07, 6.45) is 0. The molecule has 9 aromatic rings. The van der Waals surface area contributed by atoms with E-state index in [1.54, 1.807) is 0 Å². The fourth-order valence-electron chi connectivity index (χ4n) is 8.37. The van der Waals surface area contributed by atoms with Crippen LogP contribution >= 0.6 is 0 Å². The van der Waals surface area contributed by atoms with Crippen LogP contribution in [0.5, 0.6) is 0 Å². The van der Waals surface area contributed by atoms with Gasteiger partial charge in [0.2, 0.25) is 0 Å². The normalized spacial score (nSPS) is 12.9. The summed E-state index contributed by atoms with van der Waals surface area (Å²) in [5, 5.41) is 4.88. The molecule has 0 fully saturated rings. The Bertz CT molecular complexity index is 2780. The average molecular weight is 677 g/mol. The Morgan fingerprint density at radius 3 is 1.53 bits per heavy atom. The van der Waals surface area contributed by atoms with Crippen LogP contribution in [0.3, 0.4) is 0 Å². The van der Waals surface area contributed by atoms with Gasteiger partial charge in [-0.05, 0) is 90.3 Å². The molecule has 0 N–H and O–H groups in total. The fourth-order valence-corrected chi connectivity index (χ4v) is 8.37. The standard InChI is InChI=1S/C51H36N2/c1-51(2)45-23-13-22-40(49(45)44-30-37-18-9-10-19-38(37)31-46(44)51)34-26-24-33(25-27-34)39-28-29-43(42-21-12-11-20-41(39)42)50-52-47(35-14-5-3-6-15-35)32-48(53-50)36-16-7-4-8-17-36/h3-32H,1-2H3. The van der Waals surface area contributed by atoms with Gasteiger partial charge in [0.25, 0.3) is 0 Å². The monoisotopic (exact) mass is 676 g/mol. The summed E-state index contributed by atoms with van der Waals surface area (Å²) in [5.41, 5.74) is 15.3. The summed E-state index contributed by atoms with van der Waals surface area (Å²) in [6.45, 7) is 4.72. The van der Waals surface area contributed by atoms with Crippen molar-refractivity contribution in [3.05, 3.63) is 193 Å². The second-order valence-electron chi connectivity index (χ2n) is 14.6. The molecule has 0 aliphatic heterocycles. The Kier molecular flexibility index (Phi) is 7.19. The van der Waals surface area contributed by atoms with Crippen molar-refractivity contribution in [2.75, 3.05) is 0 Å². The zero-order valence-electron chi connectivity index (χ0n) is 29.7. The number of nitrogens with zero attached hydrogens (tertiary/aromatic N) is 2. The van der Waals surface area contributed by atoms with E-state index in [2.05, 4.69) is 184 Å². The van der Waals surface area contributed by atoms with Gasteiger partial charge in [0.15, 0.2) is 5.82 Å². The van der Waals surface area contributed by atoms with Gasteiger partial charge in [-0.25, -0.2) is 9.97 Å². The highest BCUT2D eigenvalue weighted by Gasteiger charge is 2.37. The molecule has 0 radical (unpaired) electrons. The lowest BCUT2D eigenvalue weighted by molar-refractivity contribution is 0.661. The van der Waals surface area contributed by atoms with Crippen LogP contribution in [0.25, 0.3) is 88.8 Å². The van der Waals surface area contributed by atoms with Crippen LogP contribution in [0.1, 0.15) is 25.0 Å². The molecule has 2 nitrogen and oxygen atoms in total. The molecule has 1 heterocycles. The number of rotatable bonds is 5. The Morgan fingerprint density at radius 1 is 0.358 bits per heavy atom. The lowest BCUT2D eigenvalue weighted by Gasteiger charge is -2.22. The van der Waals surface area contributed by atoms with E-state index in [0.717, 1.165) is 39.3 Å². The predicted molar refractivity (Wildman–Crippen MR) is 222 cm³/mol. The summed E-state index contributed by atoms with van der Waals surface area (Å²) in [7, 11) is 0. The number of benzene rings is 8. The molecule has 250 valence electrons. The molecular formula is C51H36N2. The Hall–Kier alpha value is -6.64. The van der Waals surface area contributed by atoms with Crippen LogP contribution in [-0.4, -0.2) is 9.97 Å². The van der Waals surface area contributed by atoms with Crippen LogP contribution in [0.4, 0.5) is 0 Å². The van der Waals surface area contributed by atoms with E-state index >= 15 is 0 Å². The molecule has 0 atom stereocenters. The first-order valence-electron chi connectivity index (χ1n) is 18.3. The summed E-state index contributed by atoms with van der Waals surface area (Å²) >= 11 is 0. The van der Waals surface area contributed by atoms with Crippen LogP contribution in [-0.2, 0) is 5.41 Å². The lowest BCUT2D eigenvalue weighted by Crippen LogP contribution is -2.14. The third-order valence-corrected chi connectivity index (χ3v) is 11.1. The highest BCUT2D eigenvalue weighted by atomic mass is 14.9. The van der Waals surface area contributed by atoms with E-state index in [0.29, 0.717) is 0 Å². The van der Waals surface area contributed by atoms with E-state index in [9.17, 15) is 0 Å². The summed E-state index contributed by atoms with van der Waals surface area (Å²) < 4.78 is 0. The van der Waals surface area contributed by atoms with Crippen LogP contribution in [0.15, 0.2) is 182 Å². The van der Waals surface area contributed by atoms with E-state index in [1.165, 1.54) is 60.7 Å². The largest absolute Gasteiger partial charge is 0.228 e. The van der Waals surface area contributed by atoms with Crippen molar-refractivity contribution in [3.63, 3.8) is 0 Å². The van der Waals surface area contributed by atoms with Gasteiger partial charge in [-0.2, -0.15) is 0 Å². The smallest absolute Gasteiger partial charge is 0.161 e. The van der Waals surface area contributed by atoms with E-state index < -0.39 is 0 Å². The lowest BCUT2D eigenvalue weighted by atomic mass is 9.81. The first kappa shape index (κ1) is 31.1. The third-order valence-electron chi connectivity index (χ3n) is 11.1. The molecule has 0 spiro atoms. The van der Waals surface area contributed by atoms with Crippen LogP contribution < -0.4 is 0 Å². The van der Waals surface area contributed by atoms with Gasteiger partial charge in [0.1, 0.15) is 0 Å². The van der Waals surface area contributed by atoms with Gasteiger partial charge in [-0.3, -0.25) is 0 Å². The second kappa shape index (κ2) is 12.3. The molecule has 1 aromatic heterocycles. The van der Waals surface area contributed by atoms with Gasteiger partial charge in [0.05, 0.1) is 11.4 Å². The molecule has 2 heteroatoms. The quantitative estimate of drug-likeness (QED) is 0.181. The maximum Gasteiger partial charge on any atom is 0.161 e. The molecular weight excluding hydrogens is 641 g/mol. The Balaban J connectivity index is 1.07. The van der Waals surface area contributed by atoms with E-state index in [1.807, 2.05) is 12.1 Å². The highest BCUT2D eigenvalue weighted by molar-refractivity contribution is 6.05. The summed E-state index contributed by atoms with van der Waals surface area (Å²) in [4.78, 5) is 10.3. The minimum atomic E-state index is -0.0719. The van der Waals surface area contributed by atoms with Crippen molar-refractivity contribution >= 4 is 21.5 Å². The zero-order chi connectivity index (χ0) is 35.5. The van der Waals surface area contributed by atoms with Crippen molar-refractivity contribution in [1.29, 1.82) is 0 Å². The molecule has 53 heavy (non-hydrogen) atoms. The first-order chi connectivity index (χ1) is 26.0. The highest BCUT2D eigenvalue weighted by Crippen LogP contribution is 2.53. The van der Waals surface area contributed by atoms with Gasteiger partial charge < -0.3 is 0 Å².